The number of nitrogens with zero attached hydrogens (tertiary/aromatic N) is 6. The molecule has 0 bridgehead atoms. The summed E-state index contributed by atoms with van der Waals surface area (Å²) in [4.78, 5) is 29.6. The van der Waals surface area contributed by atoms with Gasteiger partial charge in [-0.05, 0) is 17.2 Å². The van der Waals surface area contributed by atoms with Gasteiger partial charge in [0, 0.05) is 33.4 Å². The zero-order valence-corrected chi connectivity index (χ0v) is 25.8. The van der Waals surface area contributed by atoms with Crippen LogP contribution in [0.15, 0.2) is 170 Å². The lowest BCUT2D eigenvalue weighted by Gasteiger charge is -2.13. The van der Waals surface area contributed by atoms with E-state index >= 15 is 0 Å². The van der Waals surface area contributed by atoms with E-state index in [1.165, 1.54) is 0 Å². The number of rotatable bonds is 7. The molecular weight excluding hydrogens is 589 g/mol. The second-order valence-electron chi connectivity index (χ2n) is 11.2. The molecule has 0 aliphatic rings. The van der Waals surface area contributed by atoms with Crippen LogP contribution in [0.5, 0.6) is 0 Å². The van der Waals surface area contributed by atoms with E-state index in [1.54, 1.807) is 0 Å². The maximum Gasteiger partial charge on any atom is 0.164 e. The third-order valence-electron chi connectivity index (χ3n) is 8.00. The molecule has 0 saturated heterocycles. The monoisotopic (exact) mass is 616 g/mol. The molecule has 8 rings (SSSR count). The summed E-state index contributed by atoms with van der Waals surface area (Å²) in [6.45, 7) is 0. The lowest BCUT2D eigenvalue weighted by molar-refractivity contribution is 1.07. The standard InChI is InChI=1S/C42H28N6/c1-5-16-29(17-6-1)37-43-38(30-18-7-2-8-19-30)46-41(45-37)34-25-15-24-33(28-34)35-26-13-14-27-36(35)42-47-39(31-20-9-3-10-21-31)44-40(48-42)32-22-11-4-12-23-32/h1-28H. The average Bonchev–Trinajstić information content (AvgIpc) is 3.19. The average molecular weight is 617 g/mol. The minimum absolute atomic E-state index is 0.597. The van der Waals surface area contributed by atoms with E-state index < -0.39 is 0 Å². The topological polar surface area (TPSA) is 77.3 Å². The lowest BCUT2D eigenvalue weighted by atomic mass is 9.97. The first kappa shape index (κ1) is 28.8. The SMILES string of the molecule is c1ccc(-c2nc(-c3ccccc3)nc(-c3cccc(-c4ccccc4-c4nc(-c5ccccc5)nc(-c5ccccc5)n4)c3)n2)cc1. The Balaban J connectivity index is 1.26. The second kappa shape index (κ2) is 13.0. The van der Waals surface area contributed by atoms with Crippen molar-refractivity contribution in [1.29, 1.82) is 0 Å². The Labute approximate surface area is 278 Å². The first-order valence-electron chi connectivity index (χ1n) is 15.7. The van der Waals surface area contributed by atoms with Gasteiger partial charge >= 0.3 is 0 Å². The third-order valence-corrected chi connectivity index (χ3v) is 8.00. The Kier molecular flexibility index (Phi) is 7.79. The van der Waals surface area contributed by atoms with E-state index in [9.17, 15) is 0 Å². The Morgan fingerprint density at radius 1 is 0.208 bits per heavy atom. The highest BCUT2D eigenvalue weighted by molar-refractivity contribution is 5.83. The molecule has 6 heteroatoms. The molecule has 0 unspecified atom stereocenters. The van der Waals surface area contributed by atoms with E-state index in [4.69, 9.17) is 29.9 Å². The third kappa shape index (κ3) is 5.98. The van der Waals surface area contributed by atoms with Crippen molar-refractivity contribution in [2.45, 2.75) is 0 Å². The summed E-state index contributed by atoms with van der Waals surface area (Å²) in [6, 6.07) is 56.5. The van der Waals surface area contributed by atoms with Gasteiger partial charge in [0.1, 0.15) is 0 Å². The largest absolute Gasteiger partial charge is 0.208 e. The number of hydrogen-bond acceptors (Lipinski definition) is 6. The van der Waals surface area contributed by atoms with Gasteiger partial charge in [0.2, 0.25) is 0 Å². The van der Waals surface area contributed by atoms with Gasteiger partial charge in [-0.3, -0.25) is 0 Å². The smallest absolute Gasteiger partial charge is 0.164 e. The van der Waals surface area contributed by atoms with Crippen LogP contribution in [0, 0.1) is 0 Å². The van der Waals surface area contributed by atoms with Crippen molar-refractivity contribution in [2.24, 2.45) is 0 Å². The van der Waals surface area contributed by atoms with E-state index in [1.807, 2.05) is 146 Å². The maximum atomic E-state index is 5.00. The predicted molar refractivity (Wildman–Crippen MR) is 191 cm³/mol. The zero-order valence-electron chi connectivity index (χ0n) is 25.8. The zero-order chi connectivity index (χ0) is 32.1. The van der Waals surface area contributed by atoms with Gasteiger partial charge in [0.15, 0.2) is 34.9 Å². The fourth-order valence-electron chi connectivity index (χ4n) is 5.62. The highest BCUT2D eigenvalue weighted by atomic mass is 15.0. The van der Waals surface area contributed by atoms with Gasteiger partial charge in [-0.25, -0.2) is 29.9 Å². The fourth-order valence-corrected chi connectivity index (χ4v) is 5.62. The maximum absolute atomic E-state index is 5.00. The van der Waals surface area contributed by atoms with Crippen LogP contribution in [-0.4, -0.2) is 29.9 Å². The summed E-state index contributed by atoms with van der Waals surface area (Å²) in [6.07, 6.45) is 0. The minimum atomic E-state index is 0.597. The van der Waals surface area contributed by atoms with Crippen LogP contribution in [0.3, 0.4) is 0 Å². The van der Waals surface area contributed by atoms with Crippen molar-refractivity contribution in [3.05, 3.63) is 170 Å². The minimum Gasteiger partial charge on any atom is -0.208 e. The fraction of sp³-hybridized carbons (Fsp3) is 0. The Hall–Kier alpha value is -6.66. The van der Waals surface area contributed by atoms with Crippen molar-refractivity contribution in [2.75, 3.05) is 0 Å². The van der Waals surface area contributed by atoms with Crippen molar-refractivity contribution in [3.63, 3.8) is 0 Å². The summed E-state index contributed by atoms with van der Waals surface area (Å²) in [7, 11) is 0. The van der Waals surface area contributed by atoms with Crippen LogP contribution in [0.25, 0.3) is 79.5 Å². The highest BCUT2D eigenvalue weighted by Crippen LogP contribution is 2.34. The van der Waals surface area contributed by atoms with Crippen molar-refractivity contribution in [3.8, 4) is 79.5 Å². The van der Waals surface area contributed by atoms with Gasteiger partial charge in [0.25, 0.3) is 0 Å². The Bertz CT molecular complexity index is 2210. The Morgan fingerprint density at radius 2 is 0.500 bits per heavy atom. The van der Waals surface area contributed by atoms with Crippen LogP contribution in [0.1, 0.15) is 0 Å². The number of aromatic nitrogens is 6. The van der Waals surface area contributed by atoms with E-state index in [2.05, 4.69) is 24.3 Å². The molecule has 0 saturated carbocycles. The van der Waals surface area contributed by atoms with Crippen molar-refractivity contribution in [1.82, 2.24) is 29.9 Å². The molecule has 0 fully saturated rings. The van der Waals surface area contributed by atoms with Crippen LogP contribution in [0.4, 0.5) is 0 Å². The van der Waals surface area contributed by atoms with E-state index in [0.29, 0.717) is 34.9 Å². The van der Waals surface area contributed by atoms with Crippen LogP contribution < -0.4 is 0 Å². The normalized spacial score (nSPS) is 10.9. The first-order chi connectivity index (χ1) is 23.8. The summed E-state index contributed by atoms with van der Waals surface area (Å²) in [5.74, 6) is 3.68. The molecule has 2 aromatic heterocycles. The number of benzene rings is 6. The van der Waals surface area contributed by atoms with Crippen LogP contribution in [0.2, 0.25) is 0 Å². The van der Waals surface area contributed by atoms with Crippen molar-refractivity contribution >= 4 is 0 Å². The molecule has 226 valence electrons. The van der Waals surface area contributed by atoms with Gasteiger partial charge in [0.05, 0.1) is 0 Å². The van der Waals surface area contributed by atoms with E-state index in [0.717, 1.165) is 44.5 Å². The molecular formula is C42H28N6. The molecule has 6 nitrogen and oxygen atoms in total. The summed E-state index contributed by atoms with van der Waals surface area (Å²) in [5, 5.41) is 0. The molecule has 0 spiro atoms. The van der Waals surface area contributed by atoms with Crippen molar-refractivity contribution < 1.29 is 0 Å². The first-order valence-corrected chi connectivity index (χ1v) is 15.7. The van der Waals surface area contributed by atoms with Gasteiger partial charge in [-0.2, -0.15) is 0 Å². The predicted octanol–water partition coefficient (Wildman–Crippen LogP) is 9.73. The van der Waals surface area contributed by atoms with Crippen LogP contribution in [-0.2, 0) is 0 Å². The van der Waals surface area contributed by atoms with Gasteiger partial charge in [-0.1, -0.05) is 164 Å². The molecule has 2 heterocycles. The molecule has 0 radical (unpaired) electrons. The Morgan fingerprint density at radius 3 is 0.917 bits per heavy atom. The van der Waals surface area contributed by atoms with E-state index in [-0.39, 0.29) is 0 Å². The van der Waals surface area contributed by atoms with Gasteiger partial charge < -0.3 is 0 Å². The van der Waals surface area contributed by atoms with Crippen LogP contribution >= 0.6 is 0 Å². The number of hydrogen-bond donors (Lipinski definition) is 0. The molecule has 0 aliphatic heterocycles. The molecule has 0 aliphatic carbocycles. The molecule has 48 heavy (non-hydrogen) atoms. The van der Waals surface area contributed by atoms with Gasteiger partial charge in [-0.15, -0.1) is 0 Å². The molecule has 0 atom stereocenters. The highest BCUT2D eigenvalue weighted by Gasteiger charge is 2.17. The lowest BCUT2D eigenvalue weighted by Crippen LogP contribution is -2.01. The summed E-state index contributed by atoms with van der Waals surface area (Å²) >= 11 is 0. The molecule has 8 aromatic rings. The molecule has 0 amide bonds. The second-order valence-corrected chi connectivity index (χ2v) is 11.2. The summed E-state index contributed by atoms with van der Waals surface area (Å²) in [5.41, 5.74) is 7.48. The molecule has 6 aromatic carbocycles. The quantitative estimate of drug-likeness (QED) is 0.177. The molecule has 0 N–H and O–H groups in total. The summed E-state index contributed by atoms with van der Waals surface area (Å²) < 4.78 is 0.